The largest absolute Gasteiger partial charge is 0.329 e. The van der Waals surface area contributed by atoms with E-state index < -0.39 is 0 Å². The maximum absolute atomic E-state index is 11.2. The molecule has 0 aliphatic rings. The van der Waals surface area contributed by atoms with Gasteiger partial charge in [0.25, 0.3) is 5.56 Å². The van der Waals surface area contributed by atoms with Gasteiger partial charge in [-0.25, -0.2) is 0 Å². The number of H-pyrrole nitrogens is 1. The van der Waals surface area contributed by atoms with E-state index in [1.807, 2.05) is 26.8 Å². The van der Waals surface area contributed by atoms with Gasteiger partial charge in [-0.3, -0.25) is 4.79 Å². The highest BCUT2D eigenvalue weighted by molar-refractivity contribution is 5.24. The summed E-state index contributed by atoms with van der Waals surface area (Å²) in [5.41, 5.74) is 2.01. The van der Waals surface area contributed by atoms with E-state index in [1.165, 1.54) is 0 Å². The van der Waals surface area contributed by atoms with Crippen molar-refractivity contribution < 1.29 is 0 Å². The monoisotopic (exact) mass is 151 g/mol. The summed E-state index contributed by atoms with van der Waals surface area (Å²) in [6, 6.07) is 1.93. The Morgan fingerprint density at radius 1 is 1.45 bits per heavy atom. The van der Waals surface area contributed by atoms with E-state index in [0.29, 0.717) is 5.92 Å². The van der Waals surface area contributed by atoms with Crippen molar-refractivity contribution in [3.8, 4) is 0 Å². The molecule has 0 aliphatic heterocycles. The van der Waals surface area contributed by atoms with Gasteiger partial charge in [-0.1, -0.05) is 13.8 Å². The van der Waals surface area contributed by atoms with E-state index in [0.717, 1.165) is 11.1 Å². The first kappa shape index (κ1) is 8.05. The first-order chi connectivity index (χ1) is 5.13. The van der Waals surface area contributed by atoms with Crippen LogP contribution in [0.15, 0.2) is 17.1 Å². The fourth-order valence-corrected chi connectivity index (χ4v) is 1.31. The summed E-state index contributed by atoms with van der Waals surface area (Å²) < 4.78 is 0. The molecule has 1 aromatic heterocycles. The fraction of sp³-hybridized carbons (Fsp3) is 0.444. The predicted molar refractivity (Wildman–Crippen MR) is 45.9 cm³/mol. The van der Waals surface area contributed by atoms with Gasteiger partial charge in [0.2, 0.25) is 0 Å². The zero-order chi connectivity index (χ0) is 8.43. The van der Waals surface area contributed by atoms with Crippen LogP contribution in [0.4, 0.5) is 0 Å². The highest BCUT2D eigenvalue weighted by Gasteiger charge is 2.06. The van der Waals surface area contributed by atoms with Crippen LogP contribution in [0.3, 0.4) is 0 Å². The van der Waals surface area contributed by atoms with Crippen molar-refractivity contribution in [1.82, 2.24) is 4.98 Å². The molecule has 1 heterocycles. The average molecular weight is 151 g/mol. The molecule has 0 atom stereocenters. The summed E-state index contributed by atoms with van der Waals surface area (Å²) >= 11 is 0. The molecule has 0 saturated carbocycles. The Morgan fingerprint density at radius 3 is 2.45 bits per heavy atom. The van der Waals surface area contributed by atoms with Crippen molar-refractivity contribution in [2.45, 2.75) is 26.7 Å². The van der Waals surface area contributed by atoms with Crippen LogP contribution in [-0.2, 0) is 0 Å². The molecule has 0 unspecified atom stereocenters. The Balaban J connectivity index is 3.33. The van der Waals surface area contributed by atoms with Gasteiger partial charge < -0.3 is 4.98 Å². The maximum Gasteiger partial charge on any atom is 0.251 e. The smallest absolute Gasteiger partial charge is 0.251 e. The number of aryl methyl sites for hydroxylation is 1. The first-order valence-corrected chi connectivity index (χ1v) is 3.81. The Hall–Kier alpha value is -1.05. The Bertz CT molecular complexity index is 299. The van der Waals surface area contributed by atoms with E-state index in [-0.39, 0.29) is 5.56 Å². The van der Waals surface area contributed by atoms with Gasteiger partial charge in [-0.2, -0.15) is 0 Å². The molecule has 1 N–H and O–H groups in total. The van der Waals surface area contributed by atoms with Crippen LogP contribution in [0, 0.1) is 6.92 Å². The molecule has 0 spiro atoms. The second-order valence-corrected chi connectivity index (χ2v) is 3.06. The van der Waals surface area contributed by atoms with Crippen molar-refractivity contribution in [2.24, 2.45) is 0 Å². The van der Waals surface area contributed by atoms with Crippen LogP contribution >= 0.6 is 0 Å². The predicted octanol–water partition coefficient (Wildman–Crippen LogP) is 1.81. The lowest BCUT2D eigenvalue weighted by Crippen LogP contribution is -2.14. The van der Waals surface area contributed by atoms with Crippen LogP contribution in [0.2, 0.25) is 0 Å². The highest BCUT2D eigenvalue weighted by Crippen LogP contribution is 2.12. The lowest BCUT2D eigenvalue weighted by Gasteiger charge is -2.06. The quantitative estimate of drug-likeness (QED) is 0.652. The van der Waals surface area contributed by atoms with Crippen LogP contribution in [0.25, 0.3) is 0 Å². The molecule has 0 aromatic carbocycles. The number of hydrogen-bond donors (Lipinski definition) is 1. The summed E-state index contributed by atoms with van der Waals surface area (Å²) in [6.45, 7) is 6.01. The molecule has 0 saturated heterocycles. The molecule has 2 nitrogen and oxygen atoms in total. The van der Waals surface area contributed by atoms with Crippen molar-refractivity contribution in [3.05, 3.63) is 33.7 Å². The van der Waals surface area contributed by atoms with E-state index >= 15 is 0 Å². The summed E-state index contributed by atoms with van der Waals surface area (Å²) in [4.78, 5) is 13.9. The number of aromatic amines is 1. The zero-order valence-corrected chi connectivity index (χ0v) is 7.14. The lowest BCUT2D eigenvalue weighted by molar-refractivity contribution is 0.833. The second kappa shape index (κ2) is 2.91. The van der Waals surface area contributed by atoms with Crippen molar-refractivity contribution in [1.29, 1.82) is 0 Å². The van der Waals surface area contributed by atoms with E-state index in [4.69, 9.17) is 0 Å². The van der Waals surface area contributed by atoms with Gasteiger partial charge in [0, 0.05) is 11.8 Å². The Morgan fingerprint density at radius 2 is 2.09 bits per heavy atom. The third-order valence-electron chi connectivity index (χ3n) is 1.79. The topological polar surface area (TPSA) is 32.9 Å². The number of hydrogen-bond acceptors (Lipinski definition) is 1. The molecule has 0 amide bonds. The number of pyridine rings is 1. The lowest BCUT2D eigenvalue weighted by atomic mass is 10.0. The molecule has 11 heavy (non-hydrogen) atoms. The molecule has 2 heteroatoms. The Labute approximate surface area is 66.3 Å². The van der Waals surface area contributed by atoms with Crippen molar-refractivity contribution in [2.75, 3.05) is 0 Å². The minimum atomic E-state index is 0.0417. The average Bonchev–Trinajstić information content (AvgIpc) is 1.85. The molecule has 60 valence electrons. The third-order valence-corrected chi connectivity index (χ3v) is 1.79. The molecule has 1 rings (SSSR count). The molecule has 1 aromatic rings. The summed E-state index contributed by atoms with van der Waals surface area (Å²) in [5.74, 6) is 0.306. The second-order valence-electron chi connectivity index (χ2n) is 3.06. The Kier molecular flexibility index (Phi) is 2.13. The van der Waals surface area contributed by atoms with Gasteiger partial charge in [0.05, 0.1) is 0 Å². The number of nitrogens with one attached hydrogen (secondary N) is 1. The van der Waals surface area contributed by atoms with Gasteiger partial charge in [0.15, 0.2) is 0 Å². The SMILES string of the molecule is Cc1cc[nH]c(=O)c1C(C)C. The number of rotatable bonds is 1. The minimum absolute atomic E-state index is 0.0417. The normalized spacial score (nSPS) is 10.5. The van der Waals surface area contributed by atoms with Crippen LogP contribution in [0.1, 0.15) is 30.9 Å². The summed E-state index contributed by atoms with van der Waals surface area (Å²) in [7, 11) is 0. The van der Waals surface area contributed by atoms with Crippen LogP contribution in [0.5, 0.6) is 0 Å². The van der Waals surface area contributed by atoms with Crippen LogP contribution < -0.4 is 5.56 Å². The summed E-state index contributed by atoms with van der Waals surface area (Å²) in [6.07, 6.45) is 1.68. The molecule has 0 bridgehead atoms. The number of aromatic nitrogens is 1. The zero-order valence-electron chi connectivity index (χ0n) is 7.14. The fourth-order valence-electron chi connectivity index (χ4n) is 1.31. The van der Waals surface area contributed by atoms with Crippen LogP contribution in [-0.4, -0.2) is 4.98 Å². The standard InChI is InChI=1S/C9H13NO/c1-6(2)8-7(3)4-5-10-9(8)11/h4-6H,1-3H3,(H,10,11). The van der Waals surface area contributed by atoms with Gasteiger partial charge in [0.1, 0.15) is 0 Å². The first-order valence-electron chi connectivity index (χ1n) is 3.81. The van der Waals surface area contributed by atoms with E-state index in [2.05, 4.69) is 4.98 Å². The molecule has 0 fully saturated rings. The van der Waals surface area contributed by atoms with Gasteiger partial charge in [-0.05, 0) is 24.5 Å². The van der Waals surface area contributed by atoms with E-state index in [9.17, 15) is 4.79 Å². The summed E-state index contributed by atoms with van der Waals surface area (Å²) in [5, 5.41) is 0. The maximum atomic E-state index is 11.2. The van der Waals surface area contributed by atoms with Gasteiger partial charge >= 0.3 is 0 Å². The van der Waals surface area contributed by atoms with Crippen molar-refractivity contribution >= 4 is 0 Å². The minimum Gasteiger partial charge on any atom is -0.329 e. The third kappa shape index (κ3) is 1.50. The molecular formula is C9H13NO. The molecule has 0 aliphatic carbocycles. The molecular weight excluding hydrogens is 138 g/mol. The highest BCUT2D eigenvalue weighted by atomic mass is 16.1. The molecule has 0 radical (unpaired) electrons. The van der Waals surface area contributed by atoms with Crippen molar-refractivity contribution in [3.63, 3.8) is 0 Å². The van der Waals surface area contributed by atoms with E-state index in [1.54, 1.807) is 6.20 Å². The van der Waals surface area contributed by atoms with Gasteiger partial charge in [-0.15, -0.1) is 0 Å².